The lowest BCUT2D eigenvalue weighted by Crippen LogP contribution is -2.24. The first kappa shape index (κ1) is 13.6. The van der Waals surface area contributed by atoms with Crippen LogP contribution in [0.2, 0.25) is 0 Å². The Morgan fingerprint density at radius 3 is 2.75 bits per heavy atom. The quantitative estimate of drug-likeness (QED) is 0.662. The molecule has 0 unspecified atom stereocenters. The second-order valence-electron chi connectivity index (χ2n) is 4.37. The summed E-state index contributed by atoms with van der Waals surface area (Å²) < 4.78 is 0. The summed E-state index contributed by atoms with van der Waals surface area (Å²) in [6.45, 7) is 1.27. The topological polar surface area (TPSA) is 92.3 Å². The normalized spacial score (nSPS) is 13.5. The number of hydrazone groups is 1. The van der Waals surface area contributed by atoms with Crippen molar-refractivity contribution in [2.24, 2.45) is 5.10 Å². The van der Waals surface area contributed by atoms with Crippen molar-refractivity contribution >= 4 is 17.3 Å². The Hall–Kier alpha value is -2.86. The fraction of sp³-hybridized carbons (Fsp3) is 0.286. The number of hydrogen-bond donors (Lipinski definition) is 1. The van der Waals surface area contributed by atoms with Crippen LogP contribution in [0.25, 0.3) is 0 Å². The van der Waals surface area contributed by atoms with Crippen LogP contribution in [0.3, 0.4) is 0 Å². The Bertz CT molecular complexity index is 607. The highest BCUT2D eigenvalue weighted by Crippen LogP contribution is 2.20. The van der Waals surface area contributed by atoms with Gasteiger partial charge in [0.25, 0.3) is 0 Å². The predicted molar refractivity (Wildman–Crippen MR) is 73.4 cm³/mol. The Kier molecular flexibility index (Phi) is 4.31. The summed E-state index contributed by atoms with van der Waals surface area (Å²) in [6.07, 6.45) is 1.49. The molecular formula is C14H13N5O. The first-order valence-corrected chi connectivity index (χ1v) is 6.24. The molecular weight excluding hydrogens is 254 g/mol. The standard InChI is InChI=1S/C14H13N5O/c15-8-12(9-16)17-18-13-5-2-1-4-11(13)10-19-7-3-6-14(19)20/h1-2,4-5,18H,3,6-7,10H2. The predicted octanol–water partition coefficient (Wildman–Crippen LogP) is 1.62. The van der Waals surface area contributed by atoms with Crippen molar-refractivity contribution < 1.29 is 4.79 Å². The van der Waals surface area contributed by atoms with Gasteiger partial charge in [0.15, 0.2) is 0 Å². The van der Waals surface area contributed by atoms with E-state index in [1.54, 1.807) is 23.1 Å². The lowest BCUT2D eigenvalue weighted by atomic mass is 10.1. The number of rotatable bonds is 4. The third-order valence-corrected chi connectivity index (χ3v) is 3.05. The van der Waals surface area contributed by atoms with Crippen LogP contribution in [-0.2, 0) is 11.3 Å². The number of benzene rings is 1. The van der Waals surface area contributed by atoms with Crippen LogP contribution >= 0.6 is 0 Å². The highest BCUT2D eigenvalue weighted by molar-refractivity contribution is 6.10. The van der Waals surface area contributed by atoms with E-state index in [9.17, 15) is 4.79 Å². The van der Waals surface area contributed by atoms with Gasteiger partial charge in [0.2, 0.25) is 11.6 Å². The second-order valence-corrected chi connectivity index (χ2v) is 4.37. The van der Waals surface area contributed by atoms with Crippen molar-refractivity contribution in [2.45, 2.75) is 19.4 Å². The van der Waals surface area contributed by atoms with E-state index in [1.165, 1.54) is 0 Å². The number of likely N-dealkylation sites (tertiary alicyclic amines) is 1. The van der Waals surface area contributed by atoms with E-state index >= 15 is 0 Å². The highest BCUT2D eigenvalue weighted by atomic mass is 16.2. The van der Waals surface area contributed by atoms with Crippen LogP contribution in [0.4, 0.5) is 5.69 Å². The van der Waals surface area contributed by atoms with Gasteiger partial charge in [0.05, 0.1) is 5.69 Å². The molecule has 0 bridgehead atoms. The lowest BCUT2D eigenvalue weighted by molar-refractivity contribution is -0.128. The Balaban J connectivity index is 2.14. The second kappa shape index (κ2) is 6.35. The molecule has 1 heterocycles. The number of nitrogens with one attached hydrogen (secondary N) is 1. The minimum Gasteiger partial charge on any atom is -0.338 e. The molecule has 0 atom stereocenters. The molecule has 1 aromatic carbocycles. The van der Waals surface area contributed by atoms with E-state index in [4.69, 9.17) is 10.5 Å². The van der Waals surface area contributed by atoms with Crippen molar-refractivity contribution in [2.75, 3.05) is 12.0 Å². The van der Waals surface area contributed by atoms with E-state index in [-0.39, 0.29) is 11.6 Å². The van der Waals surface area contributed by atoms with Gasteiger partial charge < -0.3 is 4.90 Å². The van der Waals surface area contributed by atoms with Crippen molar-refractivity contribution in [3.63, 3.8) is 0 Å². The molecule has 0 saturated carbocycles. The summed E-state index contributed by atoms with van der Waals surface area (Å²) in [5, 5.41) is 21.0. The first-order chi connectivity index (χ1) is 9.74. The van der Waals surface area contributed by atoms with E-state index in [1.807, 2.05) is 18.2 Å². The molecule has 6 heteroatoms. The molecule has 1 saturated heterocycles. The Morgan fingerprint density at radius 2 is 2.10 bits per heavy atom. The number of amides is 1. The maximum Gasteiger partial charge on any atom is 0.237 e. The zero-order valence-electron chi connectivity index (χ0n) is 10.8. The van der Waals surface area contributed by atoms with Crippen LogP contribution in [0, 0.1) is 22.7 Å². The van der Waals surface area contributed by atoms with Crippen molar-refractivity contribution in [1.29, 1.82) is 10.5 Å². The van der Waals surface area contributed by atoms with E-state index in [0.717, 1.165) is 18.5 Å². The largest absolute Gasteiger partial charge is 0.338 e. The van der Waals surface area contributed by atoms with Gasteiger partial charge >= 0.3 is 0 Å². The number of hydrogen-bond acceptors (Lipinski definition) is 5. The van der Waals surface area contributed by atoms with Gasteiger partial charge in [-0.15, -0.1) is 0 Å². The Morgan fingerprint density at radius 1 is 1.35 bits per heavy atom. The molecule has 0 spiro atoms. The number of nitriles is 2. The zero-order valence-corrected chi connectivity index (χ0v) is 10.8. The van der Waals surface area contributed by atoms with Crippen molar-refractivity contribution in [3.05, 3.63) is 29.8 Å². The summed E-state index contributed by atoms with van der Waals surface area (Å²) in [7, 11) is 0. The zero-order chi connectivity index (χ0) is 14.4. The molecule has 1 fully saturated rings. The molecule has 0 aliphatic carbocycles. The SMILES string of the molecule is N#CC(C#N)=NNc1ccccc1CN1CCCC1=O. The minimum atomic E-state index is -0.239. The summed E-state index contributed by atoms with van der Waals surface area (Å²) >= 11 is 0. The van der Waals surface area contributed by atoms with Gasteiger partial charge in [0, 0.05) is 19.5 Å². The summed E-state index contributed by atoms with van der Waals surface area (Å²) in [4.78, 5) is 13.4. The van der Waals surface area contributed by atoms with Crippen LogP contribution in [0.5, 0.6) is 0 Å². The van der Waals surface area contributed by atoms with Crippen LogP contribution in [0.15, 0.2) is 29.4 Å². The van der Waals surface area contributed by atoms with Gasteiger partial charge in [-0.2, -0.15) is 15.6 Å². The van der Waals surface area contributed by atoms with Crippen LogP contribution < -0.4 is 5.43 Å². The molecule has 1 aliphatic heterocycles. The summed E-state index contributed by atoms with van der Waals surface area (Å²) in [6, 6.07) is 10.8. The highest BCUT2D eigenvalue weighted by Gasteiger charge is 2.20. The van der Waals surface area contributed by atoms with Crippen LogP contribution in [0.1, 0.15) is 18.4 Å². The minimum absolute atomic E-state index is 0.151. The third-order valence-electron chi connectivity index (χ3n) is 3.05. The van der Waals surface area contributed by atoms with Crippen LogP contribution in [-0.4, -0.2) is 23.1 Å². The van der Waals surface area contributed by atoms with E-state index < -0.39 is 0 Å². The van der Waals surface area contributed by atoms with Gasteiger partial charge in [-0.05, 0) is 18.1 Å². The summed E-state index contributed by atoms with van der Waals surface area (Å²) in [5.41, 5.74) is 4.06. The fourth-order valence-corrected chi connectivity index (χ4v) is 2.04. The smallest absolute Gasteiger partial charge is 0.237 e. The third kappa shape index (κ3) is 3.12. The van der Waals surface area contributed by atoms with Gasteiger partial charge in [-0.25, -0.2) is 0 Å². The number of anilines is 1. The maximum atomic E-state index is 11.6. The van der Waals surface area contributed by atoms with E-state index in [2.05, 4.69) is 10.5 Å². The van der Waals surface area contributed by atoms with Gasteiger partial charge in [-0.3, -0.25) is 10.2 Å². The van der Waals surface area contributed by atoms with Gasteiger partial charge in [-0.1, -0.05) is 18.2 Å². The molecule has 0 aromatic heterocycles. The van der Waals surface area contributed by atoms with Crippen molar-refractivity contribution in [3.8, 4) is 12.1 Å². The molecule has 2 rings (SSSR count). The molecule has 1 amide bonds. The van der Waals surface area contributed by atoms with Gasteiger partial charge in [0.1, 0.15) is 12.1 Å². The molecule has 100 valence electrons. The molecule has 1 aromatic rings. The summed E-state index contributed by atoms with van der Waals surface area (Å²) in [5.74, 6) is 0.151. The molecule has 1 aliphatic rings. The average molecular weight is 267 g/mol. The van der Waals surface area contributed by atoms with E-state index in [0.29, 0.717) is 18.7 Å². The molecule has 6 nitrogen and oxygen atoms in total. The lowest BCUT2D eigenvalue weighted by Gasteiger charge is -2.17. The monoisotopic (exact) mass is 267 g/mol. The molecule has 20 heavy (non-hydrogen) atoms. The number of nitrogens with zero attached hydrogens (tertiary/aromatic N) is 4. The molecule has 1 N–H and O–H groups in total. The number of para-hydroxylation sites is 1. The average Bonchev–Trinajstić information content (AvgIpc) is 2.87. The first-order valence-electron chi connectivity index (χ1n) is 6.24. The number of carbonyl (C=O) groups is 1. The van der Waals surface area contributed by atoms with Crippen molar-refractivity contribution in [1.82, 2.24) is 4.90 Å². The Labute approximate surface area is 116 Å². The fourth-order valence-electron chi connectivity index (χ4n) is 2.04. The molecule has 0 radical (unpaired) electrons. The number of carbonyl (C=O) groups excluding carboxylic acids is 1. The maximum absolute atomic E-state index is 11.6.